The molecule has 1 heterocycles. The van der Waals surface area contributed by atoms with Gasteiger partial charge in [-0.05, 0) is 20.8 Å². The van der Waals surface area contributed by atoms with Gasteiger partial charge in [-0.2, -0.15) is 0 Å². The molecule has 0 aliphatic heterocycles. The van der Waals surface area contributed by atoms with Gasteiger partial charge >= 0.3 is 0 Å². The van der Waals surface area contributed by atoms with E-state index in [0.717, 1.165) is 0 Å². The summed E-state index contributed by atoms with van der Waals surface area (Å²) in [5, 5.41) is 0. The van der Waals surface area contributed by atoms with E-state index in [2.05, 4.69) is 4.98 Å². The zero-order chi connectivity index (χ0) is 13.2. The van der Waals surface area contributed by atoms with Crippen molar-refractivity contribution in [2.24, 2.45) is 0 Å². The molecule has 94 valence electrons. The second kappa shape index (κ2) is 5.25. The molecule has 0 spiro atoms. The summed E-state index contributed by atoms with van der Waals surface area (Å²) < 4.78 is 28.8. The summed E-state index contributed by atoms with van der Waals surface area (Å²) in [6.45, 7) is 9.76. The quantitative estimate of drug-likeness (QED) is 0.737. The van der Waals surface area contributed by atoms with E-state index in [4.69, 9.17) is 0 Å². The molecule has 0 N–H and O–H groups in total. The molecule has 0 bridgehead atoms. The van der Waals surface area contributed by atoms with E-state index in [1.807, 2.05) is 20.8 Å². The Morgan fingerprint density at radius 3 is 2.35 bits per heavy atom. The first-order chi connectivity index (χ1) is 8.06. The van der Waals surface area contributed by atoms with Crippen molar-refractivity contribution in [1.82, 2.24) is 9.55 Å². The molecule has 2 aromatic rings. The van der Waals surface area contributed by atoms with Crippen LogP contribution in [0.1, 0.15) is 32.2 Å². The van der Waals surface area contributed by atoms with Crippen LogP contribution in [0.5, 0.6) is 0 Å². The SMILES string of the molecule is CC.CCn1c(C)nc2cc(F)c(C)c(F)c21. The number of nitrogens with zero attached hydrogens (tertiary/aromatic N) is 2. The van der Waals surface area contributed by atoms with E-state index in [1.54, 1.807) is 11.5 Å². The Kier molecular flexibility index (Phi) is 4.21. The molecule has 2 rings (SSSR count). The summed E-state index contributed by atoms with van der Waals surface area (Å²) in [6.07, 6.45) is 0. The maximum atomic E-state index is 13.8. The van der Waals surface area contributed by atoms with Crippen molar-refractivity contribution >= 4 is 11.0 Å². The van der Waals surface area contributed by atoms with Crippen molar-refractivity contribution in [2.45, 2.75) is 41.2 Å². The highest BCUT2D eigenvalue weighted by atomic mass is 19.1. The summed E-state index contributed by atoms with van der Waals surface area (Å²) >= 11 is 0. The van der Waals surface area contributed by atoms with Crippen LogP contribution in [-0.4, -0.2) is 9.55 Å². The van der Waals surface area contributed by atoms with Crippen molar-refractivity contribution in [3.8, 4) is 0 Å². The van der Waals surface area contributed by atoms with Crippen molar-refractivity contribution in [3.63, 3.8) is 0 Å². The first-order valence-electron chi connectivity index (χ1n) is 5.87. The van der Waals surface area contributed by atoms with Gasteiger partial charge in [0.2, 0.25) is 0 Å². The molecule has 0 fully saturated rings. The van der Waals surface area contributed by atoms with Crippen LogP contribution >= 0.6 is 0 Å². The van der Waals surface area contributed by atoms with Crippen LogP contribution in [0.3, 0.4) is 0 Å². The summed E-state index contributed by atoms with van der Waals surface area (Å²) in [6, 6.07) is 1.28. The molecule has 1 aromatic carbocycles. The highest BCUT2D eigenvalue weighted by Gasteiger charge is 2.15. The average molecular weight is 240 g/mol. The fourth-order valence-corrected chi connectivity index (χ4v) is 1.82. The van der Waals surface area contributed by atoms with Crippen molar-refractivity contribution in [2.75, 3.05) is 0 Å². The van der Waals surface area contributed by atoms with Gasteiger partial charge in [0.15, 0.2) is 5.82 Å². The number of imidazole rings is 1. The van der Waals surface area contributed by atoms with Crippen molar-refractivity contribution in [3.05, 3.63) is 29.1 Å². The largest absolute Gasteiger partial charge is 0.326 e. The Morgan fingerprint density at radius 2 is 1.82 bits per heavy atom. The van der Waals surface area contributed by atoms with Crippen LogP contribution in [0.25, 0.3) is 11.0 Å². The minimum absolute atomic E-state index is 0.0529. The minimum atomic E-state index is -0.541. The molecule has 1 aromatic heterocycles. The normalized spacial score (nSPS) is 10.3. The first-order valence-corrected chi connectivity index (χ1v) is 5.87. The van der Waals surface area contributed by atoms with Crippen LogP contribution in [0, 0.1) is 25.5 Å². The van der Waals surface area contributed by atoms with E-state index in [1.165, 1.54) is 13.0 Å². The Bertz CT molecular complexity index is 530. The smallest absolute Gasteiger partial charge is 0.154 e. The van der Waals surface area contributed by atoms with Gasteiger partial charge in [-0.25, -0.2) is 13.8 Å². The van der Waals surface area contributed by atoms with Gasteiger partial charge in [0.05, 0.1) is 5.52 Å². The molecule has 0 unspecified atom stereocenters. The van der Waals surface area contributed by atoms with Gasteiger partial charge < -0.3 is 4.57 Å². The molecule has 0 amide bonds. The maximum Gasteiger partial charge on any atom is 0.154 e. The zero-order valence-electron chi connectivity index (χ0n) is 10.9. The van der Waals surface area contributed by atoms with Gasteiger partial charge in [-0.1, -0.05) is 13.8 Å². The average Bonchev–Trinajstić information content (AvgIpc) is 2.64. The van der Waals surface area contributed by atoms with Crippen LogP contribution in [0.15, 0.2) is 6.07 Å². The molecule has 4 heteroatoms. The van der Waals surface area contributed by atoms with Crippen LogP contribution in [-0.2, 0) is 6.54 Å². The molecule has 2 nitrogen and oxygen atoms in total. The number of fused-ring (bicyclic) bond motifs is 1. The molecular formula is C13H18F2N2. The number of benzene rings is 1. The second-order valence-electron chi connectivity index (χ2n) is 3.57. The lowest BCUT2D eigenvalue weighted by molar-refractivity contribution is 0.570. The van der Waals surface area contributed by atoms with Gasteiger partial charge in [0, 0.05) is 18.2 Å². The summed E-state index contributed by atoms with van der Waals surface area (Å²) in [5.74, 6) is -0.343. The highest BCUT2D eigenvalue weighted by Crippen LogP contribution is 2.24. The van der Waals surface area contributed by atoms with Crippen LogP contribution in [0.4, 0.5) is 8.78 Å². The lowest BCUT2D eigenvalue weighted by atomic mass is 10.2. The number of aryl methyl sites for hydroxylation is 2. The number of rotatable bonds is 1. The first kappa shape index (κ1) is 13.6. The molecule has 0 saturated heterocycles. The van der Waals surface area contributed by atoms with Gasteiger partial charge in [0.25, 0.3) is 0 Å². The Balaban J connectivity index is 0.000000686. The Morgan fingerprint density at radius 1 is 1.24 bits per heavy atom. The zero-order valence-corrected chi connectivity index (χ0v) is 10.9. The third-order valence-corrected chi connectivity index (χ3v) is 2.66. The van der Waals surface area contributed by atoms with E-state index < -0.39 is 11.6 Å². The van der Waals surface area contributed by atoms with E-state index >= 15 is 0 Å². The van der Waals surface area contributed by atoms with E-state index in [-0.39, 0.29) is 5.56 Å². The van der Waals surface area contributed by atoms with E-state index in [9.17, 15) is 8.78 Å². The molecule has 0 saturated carbocycles. The molecular weight excluding hydrogens is 222 g/mol. The van der Waals surface area contributed by atoms with Crippen molar-refractivity contribution < 1.29 is 8.78 Å². The monoisotopic (exact) mass is 240 g/mol. The summed E-state index contributed by atoms with van der Waals surface area (Å²) in [5.41, 5.74) is 0.834. The Labute approximate surface area is 100 Å². The third kappa shape index (κ3) is 2.16. The number of halogens is 2. The van der Waals surface area contributed by atoms with E-state index in [0.29, 0.717) is 23.4 Å². The third-order valence-electron chi connectivity index (χ3n) is 2.66. The molecule has 0 radical (unpaired) electrons. The predicted molar refractivity (Wildman–Crippen MR) is 66.1 cm³/mol. The fourth-order valence-electron chi connectivity index (χ4n) is 1.82. The number of aromatic nitrogens is 2. The number of hydrogen-bond acceptors (Lipinski definition) is 1. The molecule has 17 heavy (non-hydrogen) atoms. The van der Waals surface area contributed by atoms with Gasteiger partial charge in [-0.3, -0.25) is 0 Å². The minimum Gasteiger partial charge on any atom is -0.326 e. The molecule has 0 aliphatic carbocycles. The highest BCUT2D eigenvalue weighted by molar-refractivity contribution is 5.78. The number of hydrogen-bond donors (Lipinski definition) is 0. The molecule has 0 aliphatic rings. The van der Waals surface area contributed by atoms with Crippen molar-refractivity contribution in [1.29, 1.82) is 0 Å². The lowest BCUT2D eigenvalue weighted by Crippen LogP contribution is -2.00. The van der Waals surface area contributed by atoms with Gasteiger partial charge in [0.1, 0.15) is 17.2 Å². The predicted octanol–water partition coefficient (Wildman–Crippen LogP) is 3.98. The lowest BCUT2D eigenvalue weighted by Gasteiger charge is -2.05. The fraction of sp³-hybridized carbons (Fsp3) is 0.462. The van der Waals surface area contributed by atoms with Crippen LogP contribution < -0.4 is 0 Å². The summed E-state index contributed by atoms with van der Waals surface area (Å²) in [7, 11) is 0. The second-order valence-corrected chi connectivity index (χ2v) is 3.57. The standard InChI is InChI=1S/C11H12F2N2.C2H6/c1-4-15-7(3)14-9-5-8(12)6(2)10(13)11(9)15;1-2/h5H,4H2,1-3H3;1-2H3. The Hall–Kier alpha value is -1.45. The van der Waals surface area contributed by atoms with Crippen LogP contribution in [0.2, 0.25) is 0 Å². The molecule has 0 atom stereocenters. The maximum absolute atomic E-state index is 13.8. The summed E-state index contributed by atoms with van der Waals surface area (Å²) in [4.78, 5) is 4.13. The van der Waals surface area contributed by atoms with Gasteiger partial charge in [-0.15, -0.1) is 0 Å². The topological polar surface area (TPSA) is 17.8 Å².